The molecule has 0 atom stereocenters. The van der Waals surface area contributed by atoms with Gasteiger partial charge in [0.05, 0.1) is 0 Å². The van der Waals surface area contributed by atoms with Crippen molar-refractivity contribution in [2.45, 2.75) is 19.9 Å². The lowest BCUT2D eigenvalue weighted by molar-refractivity contribution is -0.139. The average Bonchev–Trinajstić information content (AvgIpc) is 2.63. The molecule has 0 aliphatic heterocycles. The van der Waals surface area contributed by atoms with Gasteiger partial charge in [0.25, 0.3) is 5.91 Å². The van der Waals surface area contributed by atoms with Crippen LogP contribution in [0.5, 0.6) is 11.5 Å². The molecule has 0 aromatic heterocycles. The molecule has 0 saturated heterocycles. The summed E-state index contributed by atoms with van der Waals surface area (Å²) < 4.78 is 10.7. The molecule has 1 amide bonds. The highest BCUT2D eigenvalue weighted by molar-refractivity contribution is 5.77. The fraction of sp³-hybridized carbons (Fsp3) is 0.263. The molecule has 0 bridgehead atoms. The number of hydrogen-bond donors (Lipinski definition) is 2. The van der Waals surface area contributed by atoms with Crippen molar-refractivity contribution in [1.82, 2.24) is 5.32 Å². The van der Waals surface area contributed by atoms with Gasteiger partial charge in [-0.3, -0.25) is 4.79 Å². The minimum absolute atomic E-state index is 0.0633. The predicted molar refractivity (Wildman–Crippen MR) is 92.7 cm³/mol. The molecule has 0 saturated carbocycles. The van der Waals surface area contributed by atoms with Gasteiger partial charge in [0.15, 0.2) is 13.2 Å². The molecule has 0 fully saturated rings. The van der Waals surface area contributed by atoms with Crippen LogP contribution in [-0.2, 0) is 22.6 Å². The minimum atomic E-state index is -1.04. The average molecular weight is 343 g/mol. The molecule has 2 rings (SSSR count). The van der Waals surface area contributed by atoms with Gasteiger partial charge in [0, 0.05) is 6.54 Å². The Morgan fingerprint density at radius 3 is 2.60 bits per heavy atom. The normalized spacial score (nSPS) is 10.1. The molecule has 0 spiro atoms. The van der Waals surface area contributed by atoms with Crippen molar-refractivity contribution in [3.05, 3.63) is 59.7 Å². The SMILES string of the molecule is CCc1ccccc1OCC(=O)NCc1cccc(OCC(=O)O)c1. The Labute approximate surface area is 146 Å². The number of carboxylic acids is 1. The number of hydrogen-bond acceptors (Lipinski definition) is 4. The van der Waals surface area contributed by atoms with E-state index >= 15 is 0 Å². The highest BCUT2D eigenvalue weighted by Crippen LogP contribution is 2.18. The zero-order chi connectivity index (χ0) is 18.1. The van der Waals surface area contributed by atoms with Crippen LogP contribution in [0.25, 0.3) is 0 Å². The summed E-state index contributed by atoms with van der Waals surface area (Å²) in [4.78, 5) is 22.5. The van der Waals surface area contributed by atoms with E-state index in [1.807, 2.05) is 37.3 Å². The van der Waals surface area contributed by atoms with Crippen molar-refractivity contribution in [3.63, 3.8) is 0 Å². The second kappa shape index (κ2) is 9.32. The van der Waals surface area contributed by atoms with Crippen LogP contribution in [0.2, 0.25) is 0 Å². The summed E-state index contributed by atoms with van der Waals surface area (Å²) in [7, 11) is 0. The number of carbonyl (C=O) groups is 2. The first-order chi connectivity index (χ1) is 12.1. The third-order valence-electron chi connectivity index (χ3n) is 3.46. The van der Waals surface area contributed by atoms with E-state index < -0.39 is 12.6 Å². The van der Waals surface area contributed by atoms with E-state index in [9.17, 15) is 9.59 Å². The number of aryl methyl sites for hydroxylation is 1. The van der Waals surface area contributed by atoms with Gasteiger partial charge < -0.3 is 19.9 Å². The van der Waals surface area contributed by atoms with Crippen molar-refractivity contribution in [1.29, 1.82) is 0 Å². The van der Waals surface area contributed by atoms with E-state index in [-0.39, 0.29) is 12.5 Å². The monoisotopic (exact) mass is 343 g/mol. The van der Waals surface area contributed by atoms with E-state index in [0.29, 0.717) is 18.0 Å². The third-order valence-corrected chi connectivity index (χ3v) is 3.46. The van der Waals surface area contributed by atoms with Crippen molar-refractivity contribution in [2.24, 2.45) is 0 Å². The Morgan fingerprint density at radius 1 is 1.04 bits per heavy atom. The maximum Gasteiger partial charge on any atom is 0.341 e. The van der Waals surface area contributed by atoms with Gasteiger partial charge in [-0.1, -0.05) is 37.3 Å². The van der Waals surface area contributed by atoms with E-state index in [0.717, 1.165) is 17.5 Å². The van der Waals surface area contributed by atoms with Crippen molar-refractivity contribution in [2.75, 3.05) is 13.2 Å². The Kier molecular flexibility index (Phi) is 6.83. The second-order valence-electron chi connectivity index (χ2n) is 5.36. The molecule has 6 nitrogen and oxygen atoms in total. The van der Waals surface area contributed by atoms with E-state index in [2.05, 4.69) is 5.32 Å². The van der Waals surface area contributed by atoms with Crippen molar-refractivity contribution < 1.29 is 24.2 Å². The van der Waals surface area contributed by atoms with Gasteiger partial charge in [-0.25, -0.2) is 4.79 Å². The maximum absolute atomic E-state index is 11.9. The van der Waals surface area contributed by atoms with Crippen LogP contribution in [0.1, 0.15) is 18.1 Å². The summed E-state index contributed by atoms with van der Waals surface area (Å²) in [6.07, 6.45) is 0.834. The number of amides is 1. The van der Waals surface area contributed by atoms with Gasteiger partial charge in [-0.2, -0.15) is 0 Å². The zero-order valence-electron chi connectivity index (χ0n) is 14.0. The number of nitrogens with one attached hydrogen (secondary N) is 1. The summed E-state index contributed by atoms with van der Waals surface area (Å²) >= 11 is 0. The first-order valence-electron chi connectivity index (χ1n) is 7.99. The number of carboxylic acid groups (broad SMARTS) is 1. The van der Waals surface area contributed by atoms with Gasteiger partial charge >= 0.3 is 5.97 Å². The summed E-state index contributed by atoms with van der Waals surface area (Å²) in [5, 5.41) is 11.4. The molecule has 6 heteroatoms. The van der Waals surface area contributed by atoms with Crippen molar-refractivity contribution >= 4 is 11.9 Å². The predicted octanol–water partition coefficient (Wildman–Crippen LogP) is 2.41. The van der Waals surface area contributed by atoms with E-state index in [4.69, 9.17) is 14.6 Å². The topological polar surface area (TPSA) is 84.9 Å². The van der Waals surface area contributed by atoms with E-state index in [1.54, 1.807) is 18.2 Å². The van der Waals surface area contributed by atoms with Crippen LogP contribution in [0.3, 0.4) is 0 Å². The lowest BCUT2D eigenvalue weighted by atomic mass is 10.1. The number of carbonyl (C=O) groups excluding carboxylic acids is 1. The molecule has 0 aliphatic carbocycles. The number of ether oxygens (including phenoxy) is 2. The quantitative estimate of drug-likeness (QED) is 0.730. The first kappa shape index (κ1) is 18.3. The molecule has 0 radical (unpaired) electrons. The molecule has 0 heterocycles. The van der Waals surface area contributed by atoms with Crippen molar-refractivity contribution in [3.8, 4) is 11.5 Å². The molecule has 0 unspecified atom stereocenters. The lowest BCUT2D eigenvalue weighted by Crippen LogP contribution is -2.28. The first-order valence-corrected chi connectivity index (χ1v) is 7.99. The zero-order valence-corrected chi connectivity index (χ0v) is 14.0. The Bertz CT molecular complexity index is 729. The van der Waals surface area contributed by atoms with Gasteiger partial charge in [-0.05, 0) is 35.7 Å². The highest BCUT2D eigenvalue weighted by Gasteiger charge is 2.06. The molecule has 2 N–H and O–H groups in total. The molecular weight excluding hydrogens is 322 g/mol. The van der Waals surface area contributed by atoms with Crippen LogP contribution in [0, 0.1) is 0 Å². The molecule has 0 aliphatic rings. The van der Waals surface area contributed by atoms with Crippen LogP contribution in [0.15, 0.2) is 48.5 Å². The second-order valence-corrected chi connectivity index (χ2v) is 5.36. The van der Waals surface area contributed by atoms with Crippen LogP contribution >= 0.6 is 0 Å². The molecule has 25 heavy (non-hydrogen) atoms. The van der Waals surface area contributed by atoms with E-state index in [1.165, 1.54) is 0 Å². The molecule has 2 aromatic carbocycles. The fourth-order valence-corrected chi connectivity index (χ4v) is 2.22. The highest BCUT2D eigenvalue weighted by atomic mass is 16.5. The van der Waals surface area contributed by atoms with Gasteiger partial charge in [0.2, 0.25) is 0 Å². The summed E-state index contributed by atoms with van der Waals surface area (Å²) in [5.74, 6) is -0.113. The maximum atomic E-state index is 11.9. The smallest absolute Gasteiger partial charge is 0.341 e. The third kappa shape index (κ3) is 6.18. The summed E-state index contributed by atoms with van der Waals surface area (Å²) in [6.45, 7) is 1.87. The standard InChI is InChI=1S/C19H21NO5/c1-2-15-7-3-4-9-17(15)25-12-18(21)20-11-14-6-5-8-16(10-14)24-13-19(22)23/h3-10H,2,11-13H2,1H3,(H,20,21)(H,22,23). The Hall–Kier alpha value is -3.02. The Morgan fingerprint density at radius 2 is 1.84 bits per heavy atom. The lowest BCUT2D eigenvalue weighted by Gasteiger charge is -2.11. The van der Waals surface area contributed by atoms with Crippen LogP contribution < -0.4 is 14.8 Å². The molecule has 2 aromatic rings. The number of benzene rings is 2. The number of rotatable bonds is 9. The number of para-hydroxylation sites is 1. The fourth-order valence-electron chi connectivity index (χ4n) is 2.22. The van der Waals surface area contributed by atoms with Crippen LogP contribution in [0.4, 0.5) is 0 Å². The van der Waals surface area contributed by atoms with Gasteiger partial charge in [0.1, 0.15) is 11.5 Å². The molecule has 132 valence electrons. The largest absolute Gasteiger partial charge is 0.483 e. The number of aliphatic carboxylic acids is 1. The summed E-state index contributed by atoms with van der Waals surface area (Å²) in [5.41, 5.74) is 1.86. The van der Waals surface area contributed by atoms with Gasteiger partial charge in [-0.15, -0.1) is 0 Å². The Balaban J connectivity index is 1.81. The van der Waals surface area contributed by atoms with Crippen LogP contribution in [-0.4, -0.2) is 30.2 Å². The molecular formula is C19H21NO5. The minimum Gasteiger partial charge on any atom is -0.483 e. The summed E-state index contributed by atoms with van der Waals surface area (Å²) in [6, 6.07) is 14.5.